The summed E-state index contributed by atoms with van der Waals surface area (Å²) in [7, 11) is 0. The summed E-state index contributed by atoms with van der Waals surface area (Å²) in [5.74, 6) is 0. The molecule has 0 spiro atoms. The number of aryl methyl sites for hydroxylation is 1. The monoisotopic (exact) mass is 333 g/mol. The molecule has 2 unspecified atom stereocenters. The van der Waals surface area contributed by atoms with Crippen LogP contribution in [0.1, 0.15) is 5.56 Å². The van der Waals surface area contributed by atoms with Crippen LogP contribution in [0.2, 0.25) is 5.21 Å². The van der Waals surface area contributed by atoms with Crippen LogP contribution in [-0.4, -0.2) is 49.2 Å². The number of hydrogen-bond donors (Lipinski definition) is 1. The third-order valence-corrected chi connectivity index (χ3v) is 5.89. The maximum atomic E-state index is 10.7. The zero-order valence-corrected chi connectivity index (χ0v) is 12.9. The van der Waals surface area contributed by atoms with E-state index in [-0.39, 0.29) is 17.2 Å². The summed E-state index contributed by atoms with van der Waals surface area (Å²) in [5.41, 5.74) is 1.34. The Morgan fingerprint density at radius 2 is 2.27 bits per heavy atom. The van der Waals surface area contributed by atoms with Gasteiger partial charge in [-0.2, -0.15) is 0 Å². The van der Waals surface area contributed by atoms with E-state index < -0.39 is 15.8 Å². The summed E-state index contributed by atoms with van der Waals surface area (Å²) in [6, 6.07) is 3.57. The quantitative estimate of drug-likeness (QED) is 0.420. The van der Waals surface area contributed by atoms with E-state index in [1.807, 2.05) is 13.0 Å². The van der Waals surface area contributed by atoms with E-state index in [2.05, 4.69) is 0 Å². The molecule has 0 heterocycles. The molecule has 82 valence electrons. The number of hydrogen-bond acceptors (Lipinski definition) is 3. The number of benzene rings is 1. The first kappa shape index (κ1) is 12.8. The Morgan fingerprint density at radius 3 is 2.80 bits per heavy atom. The van der Waals surface area contributed by atoms with Gasteiger partial charge in [0.1, 0.15) is 0 Å². The van der Waals surface area contributed by atoms with Crippen molar-refractivity contribution < 1.29 is 10.0 Å². The zero-order chi connectivity index (χ0) is 11.4. The summed E-state index contributed by atoms with van der Waals surface area (Å²) < 4.78 is 1.85. The first-order valence-corrected chi connectivity index (χ1v) is 8.20. The zero-order valence-electron chi connectivity index (χ0n) is 8.36. The first-order chi connectivity index (χ1) is 7.06. The van der Waals surface area contributed by atoms with E-state index in [1.165, 1.54) is 16.9 Å². The molecule has 2 atom stereocenters. The van der Waals surface area contributed by atoms with Gasteiger partial charge < -0.3 is 0 Å². The molecule has 4 nitrogen and oxygen atoms in total. The Morgan fingerprint density at radius 1 is 1.60 bits per heavy atom. The van der Waals surface area contributed by atoms with E-state index in [0.717, 1.165) is 19.5 Å². The molecule has 0 amide bonds. The fourth-order valence-electron chi connectivity index (χ4n) is 1.26. The van der Waals surface area contributed by atoms with Gasteiger partial charge in [-0.05, 0) is 0 Å². The number of nitrogens with zero attached hydrogens (tertiary/aromatic N) is 1. The molecule has 6 heteroatoms. The fraction of sp³-hybridized carbons (Fsp3) is 0.333. The van der Waals surface area contributed by atoms with Crippen molar-refractivity contribution in [3.63, 3.8) is 0 Å². The molecular weight excluding hydrogens is 320 g/mol. The van der Waals surface area contributed by atoms with Crippen LogP contribution in [0, 0.1) is 17.0 Å². The number of rotatable bonds is 4. The Kier molecular flexibility index (Phi) is 4.84. The molecule has 0 bridgehead atoms. The summed E-state index contributed by atoms with van der Waals surface area (Å²) >= 11 is 0.845. The third-order valence-electron chi connectivity index (χ3n) is 2.00. The van der Waals surface area contributed by atoms with E-state index in [4.69, 9.17) is 5.11 Å². The molecule has 0 aromatic heterocycles. The number of aliphatic hydroxyl groups excluding tert-OH is 1. The Labute approximate surface area is 103 Å². The van der Waals surface area contributed by atoms with Crippen LogP contribution < -0.4 is 8.70 Å². The van der Waals surface area contributed by atoms with E-state index in [9.17, 15) is 10.1 Å². The standard InChI is InChI=1S/C9H13As2NO3/c1-6-4-7(10)9(12(14)15)5-8(6)11-2-3-13/h4-5,11,13H,2-3,10H2,1H3. The van der Waals surface area contributed by atoms with Crippen molar-refractivity contribution in [2.45, 2.75) is 12.1 Å². The second kappa shape index (κ2) is 5.69. The van der Waals surface area contributed by atoms with Crippen LogP contribution in [0.3, 0.4) is 0 Å². The van der Waals surface area contributed by atoms with Crippen LogP contribution in [-0.2, 0) is 0 Å². The van der Waals surface area contributed by atoms with Gasteiger partial charge in [0.2, 0.25) is 0 Å². The number of aliphatic hydroxyl groups is 1. The van der Waals surface area contributed by atoms with Gasteiger partial charge >= 0.3 is 104 Å². The summed E-state index contributed by atoms with van der Waals surface area (Å²) in [4.78, 5) is 10.4. The SMILES string of the molecule is Cc1cc([AsH2])c([N+](=O)[O-])cc1[AsH]CCO. The van der Waals surface area contributed by atoms with Gasteiger partial charge in [-0.15, -0.1) is 0 Å². The minimum atomic E-state index is -0.432. The van der Waals surface area contributed by atoms with E-state index >= 15 is 0 Å². The summed E-state index contributed by atoms with van der Waals surface area (Å²) in [6.07, 6.45) is 0. The van der Waals surface area contributed by atoms with Crippen molar-refractivity contribution in [2.75, 3.05) is 6.61 Å². The van der Waals surface area contributed by atoms with Gasteiger partial charge in [-0.3, -0.25) is 0 Å². The average molecular weight is 333 g/mol. The Balaban J connectivity index is 3.06. The van der Waals surface area contributed by atoms with E-state index in [1.54, 1.807) is 6.07 Å². The van der Waals surface area contributed by atoms with Crippen LogP contribution in [0.4, 0.5) is 5.69 Å². The first-order valence-electron chi connectivity index (χ1n) is 4.45. The molecule has 1 aromatic rings. The molecule has 15 heavy (non-hydrogen) atoms. The third kappa shape index (κ3) is 3.34. The van der Waals surface area contributed by atoms with E-state index in [0.29, 0.717) is 0 Å². The predicted molar refractivity (Wildman–Crippen MR) is 64.7 cm³/mol. The molecule has 0 aliphatic rings. The van der Waals surface area contributed by atoms with Crippen molar-refractivity contribution in [3.8, 4) is 0 Å². The Hall–Kier alpha value is -0.303. The second-order valence-electron chi connectivity index (χ2n) is 3.13. The van der Waals surface area contributed by atoms with Gasteiger partial charge in [0.25, 0.3) is 0 Å². The number of nitro benzene ring substituents is 1. The molecule has 0 saturated heterocycles. The molecule has 1 rings (SSSR count). The maximum absolute atomic E-state index is 10.7. The molecule has 0 aliphatic heterocycles. The van der Waals surface area contributed by atoms with Crippen LogP contribution in [0.5, 0.6) is 0 Å². The second-order valence-corrected chi connectivity index (χ2v) is 7.36. The summed E-state index contributed by atoms with van der Waals surface area (Å²) in [6.45, 7) is 2.15. The van der Waals surface area contributed by atoms with Crippen molar-refractivity contribution in [3.05, 3.63) is 27.8 Å². The molecular formula is C9H13As2NO3. The van der Waals surface area contributed by atoms with Crippen molar-refractivity contribution in [1.29, 1.82) is 0 Å². The van der Waals surface area contributed by atoms with Gasteiger partial charge in [-0.25, -0.2) is 0 Å². The molecule has 1 N–H and O–H groups in total. The van der Waals surface area contributed by atoms with Gasteiger partial charge in [0.05, 0.1) is 0 Å². The predicted octanol–water partition coefficient (Wildman–Crippen LogP) is -1.37. The van der Waals surface area contributed by atoms with Crippen molar-refractivity contribution in [2.24, 2.45) is 0 Å². The molecule has 0 fully saturated rings. The van der Waals surface area contributed by atoms with Crippen molar-refractivity contribution in [1.82, 2.24) is 0 Å². The minimum absolute atomic E-state index is 0.172. The van der Waals surface area contributed by atoms with Crippen LogP contribution >= 0.6 is 0 Å². The van der Waals surface area contributed by atoms with Gasteiger partial charge in [0, 0.05) is 0 Å². The molecule has 1 aromatic carbocycles. The average Bonchev–Trinajstić information content (AvgIpc) is 2.16. The molecule has 0 saturated carbocycles. The van der Waals surface area contributed by atoms with Crippen LogP contribution in [0.25, 0.3) is 0 Å². The molecule has 0 aliphatic carbocycles. The molecule has 0 radical (unpaired) electrons. The topological polar surface area (TPSA) is 63.4 Å². The van der Waals surface area contributed by atoms with Crippen LogP contribution in [0.15, 0.2) is 12.1 Å². The Bertz CT molecular complexity index is 382. The summed E-state index contributed by atoms with van der Waals surface area (Å²) in [5, 5.41) is 20.3. The van der Waals surface area contributed by atoms with Gasteiger partial charge in [0.15, 0.2) is 0 Å². The number of nitro groups is 1. The normalized spacial score (nSPS) is 11.1. The van der Waals surface area contributed by atoms with Crippen molar-refractivity contribution >= 4 is 47.0 Å². The fourth-order valence-corrected chi connectivity index (χ4v) is 4.22. The van der Waals surface area contributed by atoms with Gasteiger partial charge in [-0.1, -0.05) is 0 Å².